The first-order valence-corrected chi connectivity index (χ1v) is 19.5. The molecule has 1 heteroatoms. The van der Waals surface area contributed by atoms with Crippen molar-refractivity contribution in [2.45, 2.75) is 5.41 Å². The molecule has 0 unspecified atom stereocenters. The molecule has 1 spiro atoms. The van der Waals surface area contributed by atoms with E-state index in [0.29, 0.717) is 0 Å². The van der Waals surface area contributed by atoms with Crippen LogP contribution in [0.4, 0.5) is 0 Å². The highest BCUT2D eigenvalue weighted by Crippen LogP contribution is 2.65. The zero-order valence-electron chi connectivity index (χ0n) is 30.4. The molecule has 0 saturated heterocycles. The summed E-state index contributed by atoms with van der Waals surface area (Å²) in [4.78, 5) is 0. The van der Waals surface area contributed by atoms with E-state index in [9.17, 15) is 0 Å². The van der Waals surface area contributed by atoms with E-state index in [1.807, 2.05) is 0 Å². The van der Waals surface area contributed by atoms with Gasteiger partial charge >= 0.3 is 0 Å². The molecule has 56 heavy (non-hydrogen) atoms. The Kier molecular flexibility index (Phi) is 5.89. The van der Waals surface area contributed by atoms with Crippen molar-refractivity contribution in [2.24, 2.45) is 0 Å². The Morgan fingerprint density at radius 2 is 0.929 bits per heavy atom. The van der Waals surface area contributed by atoms with Crippen LogP contribution in [0.1, 0.15) is 22.3 Å². The minimum atomic E-state index is -0.490. The van der Waals surface area contributed by atoms with Gasteiger partial charge in [0.2, 0.25) is 0 Å². The average molecular weight is 709 g/mol. The van der Waals surface area contributed by atoms with Crippen molar-refractivity contribution < 1.29 is 4.42 Å². The molecule has 13 rings (SSSR count). The summed E-state index contributed by atoms with van der Waals surface area (Å²) in [5.41, 5.74) is 16.9. The maximum Gasteiger partial charge on any atom is 0.143 e. The van der Waals surface area contributed by atoms with E-state index in [1.165, 1.54) is 93.7 Å². The van der Waals surface area contributed by atoms with Gasteiger partial charge in [0.1, 0.15) is 11.2 Å². The third kappa shape index (κ3) is 3.79. The molecule has 0 amide bonds. The molecular formula is C55H32O. The van der Waals surface area contributed by atoms with Crippen LogP contribution in [-0.4, -0.2) is 0 Å². The molecule has 0 radical (unpaired) electrons. The average Bonchev–Trinajstić information content (AvgIpc) is 3.91. The lowest BCUT2D eigenvalue weighted by molar-refractivity contribution is 0.673. The van der Waals surface area contributed by atoms with E-state index < -0.39 is 5.41 Å². The third-order valence-corrected chi connectivity index (χ3v) is 12.8. The van der Waals surface area contributed by atoms with E-state index in [1.54, 1.807) is 0 Å². The maximum atomic E-state index is 6.68. The SMILES string of the molecule is c1ccc2c(c1)-c1ccccc1C21c2ccccc2-c2c(-c3ccc4ccccc4c3)cc3ccc(-c4cccc5oc6c7ccccc7ccc6c45)cc3c21. The van der Waals surface area contributed by atoms with Gasteiger partial charge in [-0.2, -0.15) is 0 Å². The van der Waals surface area contributed by atoms with Crippen LogP contribution in [0, 0.1) is 0 Å². The minimum Gasteiger partial charge on any atom is -0.455 e. The van der Waals surface area contributed by atoms with Gasteiger partial charge in [-0.15, -0.1) is 0 Å². The monoisotopic (exact) mass is 708 g/mol. The first-order valence-electron chi connectivity index (χ1n) is 19.5. The fraction of sp³-hybridized carbons (Fsp3) is 0.0182. The number of furan rings is 1. The van der Waals surface area contributed by atoms with Crippen molar-refractivity contribution in [3.05, 3.63) is 216 Å². The van der Waals surface area contributed by atoms with Crippen LogP contribution in [0.25, 0.3) is 98.8 Å². The van der Waals surface area contributed by atoms with E-state index >= 15 is 0 Å². The molecule has 1 nitrogen and oxygen atoms in total. The molecule has 0 aliphatic heterocycles. The first kappa shape index (κ1) is 30.1. The Labute approximate surface area is 323 Å². The largest absolute Gasteiger partial charge is 0.455 e. The lowest BCUT2D eigenvalue weighted by atomic mass is 9.69. The summed E-state index contributed by atoms with van der Waals surface area (Å²) in [5.74, 6) is 0. The third-order valence-electron chi connectivity index (χ3n) is 12.8. The summed E-state index contributed by atoms with van der Waals surface area (Å²) < 4.78 is 6.68. The zero-order valence-corrected chi connectivity index (χ0v) is 30.4. The lowest BCUT2D eigenvalue weighted by Crippen LogP contribution is -2.26. The van der Waals surface area contributed by atoms with Crippen LogP contribution in [0.5, 0.6) is 0 Å². The van der Waals surface area contributed by atoms with Crippen LogP contribution in [0.15, 0.2) is 199 Å². The van der Waals surface area contributed by atoms with Crippen molar-refractivity contribution in [3.8, 4) is 44.5 Å². The van der Waals surface area contributed by atoms with Crippen LogP contribution < -0.4 is 0 Å². The molecule has 2 aliphatic carbocycles. The molecule has 10 aromatic carbocycles. The van der Waals surface area contributed by atoms with E-state index in [4.69, 9.17) is 4.42 Å². The lowest BCUT2D eigenvalue weighted by Gasteiger charge is -2.32. The van der Waals surface area contributed by atoms with Gasteiger partial charge in [-0.3, -0.25) is 0 Å². The predicted octanol–water partition coefficient (Wildman–Crippen LogP) is 14.7. The number of fused-ring (bicyclic) bond motifs is 18. The summed E-state index contributed by atoms with van der Waals surface area (Å²) in [6.07, 6.45) is 0. The molecule has 2 aliphatic rings. The Bertz CT molecular complexity index is 3440. The van der Waals surface area contributed by atoms with Gasteiger partial charge in [0.05, 0.1) is 5.41 Å². The second-order valence-electron chi connectivity index (χ2n) is 15.5. The standard InChI is InChI=1S/C55H32O/c1-2-14-35-30-36(25-24-33(35)12-1)45-31-38-27-26-37(39-19-11-23-50-51(39)44-29-28-34-13-3-4-15-40(34)54(44)56-50)32-46(38)53-52(45)43-18-7-10-22-49(43)55(53)47-20-8-5-16-41(47)42-17-6-9-21-48(42)55/h1-32H. The molecule has 11 aromatic rings. The normalized spacial score (nSPS) is 13.5. The summed E-state index contributed by atoms with van der Waals surface area (Å²) in [6, 6.07) is 72.2. The van der Waals surface area contributed by atoms with Crippen molar-refractivity contribution in [1.29, 1.82) is 0 Å². The Balaban J connectivity index is 1.18. The molecule has 1 aromatic heterocycles. The van der Waals surface area contributed by atoms with Crippen molar-refractivity contribution in [2.75, 3.05) is 0 Å². The molecule has 0 saturated carbocycles. The first-order chi connectivity index (χ1) is 27.8. The summed E-state index contributed by atoms with van der Waals surface area (Å²) >= 11 is 0. The predicted molar refractivity (Wildman–Crippen MR) is 233 cm³/mol. The van der Waals surface area contributed by atoms with Gasteiger partial charge in [-0.1, -0.05) is 164 Å². The van der Waals surface area contributed by atoms with Gasteiger partial charge in [-0.25, -0.2) is 0 Å². The number of benzene rings is 10. The summed E-state index contributed by atoms with van der Waals surface area (Å²) in [5, 5.41) is 9.65. The Morgan fingerprint density at radius 3 is 1.71 bits per heavy atom. The van der Waals surface area contributed by atoms with Gasteiger partial charge in [-0.05, 0) is 124 Å². The molecule has 258 valence electrons. The molecule has 0 fully saturated rings. The minimum absolute atomic E-state index is 0.490. The van der Waals surface area contributed by atoms with Crippen molar-refractivity contribution in [3.63, 3.8) is 0 Å². The maximum absolute atomic E-state index is 6.68. The topological polar surface area (TPSA) is 13.1 Å². The van der Waals surface area contributed by atoms with Crippen LogP contribution in [0.3, 0.4) is 0 Å². The highest BCUT2D eigenvalue weighted by atomic mass is 16.3. The second kappa shape index (κ2) is 10.9. The quantitative estimate of drug-likeness (QED) is 0.174. The highest BCUT2D eigenvalue weighted by molar-refractivity contribution is 6.20. The molecule has 1 heterocycles. The number of hydrogen-bond acceptors (Lipinski definition) is 1. The van der Waals surface area contributed by atoms with E-state index in [-0.39, 0.29) is 0 Å². The fourth-order valence-corrected chi connectivity index (χ4v) is 10.6. The number of hydrogen-bond donors (Lipinski definition) is 0. The Morgan fingerprint density at radius 1 is 0.339 bits per heavy atom. The second-order valence-corrected chi connectivity index (χ2v) is 15.5. The van der Waals surface area contributed by atoms with Crippen LogP contribution in [0.2, 0.25) is 0 Å². The van der Waals surface area contributed by atoms with E-state index in [0.717, 1.165) is 27.3 Å². The molecular weight excluding hydrogens is 677 g/mol. The fourth-order valence-electron chi connectivity index (χ4n) is 10.6. The number of rotatable bonds is 2. The van der Waals surface area contributed by atoms with Gasteiger partial charge in [0, 0.05) is 16.2 Å². The zero-order chi connectivity index (χ0) is 36.5. The molecule has 0 atom stereocenters. The van der Waals surface area contributed by atoms with Crippen molar-refractivity contribution in [1.82, 2.24) is 0 Å². The van der Waals surface area contributed by atoms with Crippen LogP contribution >= 0.6 is 0 Å². The summed E-state index contributed by atoms with van der Waals surface area (Å²) in [6.45, 7) is 0. The van der Waals surface area contributed by atoms with Gasteiger partial charge in [0.25, 0.3) is 0 Å². The van der Waals surface area contributed by atoms with Gasteiger partial charge in [0.15, 0.2) is 0 Å². The molecule has 0 N–H and O–H groups in total. The summed E-state index contributed by atoms with van der Waals surface area (Å²) in [7, 11) is 0. The Hall–Kier alpha value is -7.22. The molecule has 0 bridgehead atoms. The van der Waals surface area contributed by atoms with Crippen molar-refractivity contribution >= 4 is 54.3 Å². The highest BCUT2D eigenvalue weighted by Gasteiger charge is 2.53. The van der Waals surface area contributed by atoms with Gasteiger partial charge < -0.3 is 4.42 Å². The van der Waals surface area contributed by atoms with E-state index in [2.05, 4.69) is 194 Å². The van der Waals surface area contributed by atoms with Crippen LogP contribution in [-0.2, 0) is 5.41 Å². The smallest absolute Gasteiger partial charge is 0.143 e.